The SMILES string of the molecule is Nc1ccc(N2CCN(C3CCC4(CC3)CCN(c3ccc(C(=O)NC5CCC(=O)NC5=O)nc3)CC4)CC2)cc1. The van der Waals surface area contributed by atoms with Crippen LogP contribution in [0.25, 0.3) is 0 Å². The highest BCUT2D eigenvalue weighted by molar-refractivity contribution is 6.03. The largest absolute Gasteiger partial charge is 0.399 e. The number of carbonyl (C=O) groups excluding carboxylic acids is 3. The highest BCUT2D eigenvalue weighted by atomic mass is 16.2. The third kappa shape index (κ3) is 6.17. The number of imide groups is 1. The summed E-state index contributed by atoms with van der Waals surface area (Å²) in [5.41, 5.74) is 9.71. The van der Waals surface area contributed by atoms with E-state index in [-0.39, 0.29) is 18.0 Å². The maximum atomic E-state index is 12.6. The summed E-state index contributed by atoms with van der Waals surface area (Å²) in [6.45, 7) is 6.43. The lowest BCUT2D eigenvalue weighted by Crippen LogP contribution is -2.52. The van der Waals surface area contributed by atoms with Crippen LogP contribution in [-0.2, 0) is 9.59 Å². The number of hydrogen-bond donors (Lipinski definition) is 3. The van der Waals surface area contributed by atoms with E-state index in [0.717, 1.165) is 50.6 Å². The van der Waals surface area contributed by atoms with Crippen LogP contribution in [0.4, 0.5) is 17.1 Å². The fraction of sp³-hybridized carbons (Fsp3) is 0.548. The molecule has 2 aromatic rings. The van der Waals surface area contributed by atoms with Crippen LogP contribution in [0.2, 0.25) is 0 Å². The molecule has 10 heteroatoms. The molecule has 0 radical (unpaired) electrons. The minimum atomic E-state index is -0.700. The molecule has 4 aliphatic rings. The van der Waals surface area contributed by atoms with Crippen molar-refractivity contribution in [1.29, 1.82) is 0 Å². The first-order valence-electron chi connectivity index (χ1n) is 15.1. The first-order valence-corrected chi connectivity index (χ1v) is 15.1. The molecule has 3 amide bonds. The van der Waals surface area contributed by atoms with Crippen molar-refractivity contribution in [2.24, 2.45) is 5.41 Å². The Bertz CT molecular complexity index is 1240. The Labute approximate surface area is 241 Å². The molecule has 10 nitrogen and oxygen atoms in total. The van der Waals surface area contributed by atoms with Gasteiger partial charge in [0.25, 0.3) is 5.91 Å². The number of piperidine rings is 2. The zero-order valence-electron chi connectivity index (χ0n) is 23.7. The van der Waals surface area contributed by atoms with Gasteiger partial charge in [0, 0.05) is 63.1 Å². The van der Waals surface area contributed by atoms with E-state index in [1.54, 1.807) is 12.3 Å². The average Bonchev–Trinajstić information content (AvgIpc) is 3.00. The zero-order chi connectivity index (χ0) is 28.4. The molecule has 41 heavy (non-hydrogen) atoms. The molecule has 4 fully saturated rings. The normalized spacial score (nSPS) is 23.9. The molecule has 6 rings (SSSR count). The predicted molar refractivity (Wildman–Crippen MR) is 159 cm³/mol. The highest BCUT2D eigenvalue weighted by Gasteiger charge is 2.40. The summed E-state index contributed by atoms with van der Waals surface area (Å²) in [5.74, 6) is -1.16. The van der Waals surface area contributed by atoms with Gasteiger partial charge in [-0.05, 0) is 86.8 Å². The molecule has 3 aliphatic heterocycles. The number of pyridine rings is 1. The molecular formula is C31H41N7O3. The molecule has 4 heterocycles. The zero-order valence-corrected chi connectivity index (χ0v) is 23.7. The van der Waals surface area contributed by atoms with Gasteiger partial charge in [-0.2, -0.15) is 0 Å². The van der Waals surface area contributed by atoms with E-state index >= 15 is 0 Å². The Hall–Kier alpha value is -3.66. The Morgan fingerprint density at radius 1 is 0.854 bits per heavy atom. The standard InChI is InChI=1S/C31H41N7O3/c32-22-1-3-23(4-2-22)37-17-19-38(20-18-37)24-9-11-31(12-10-24)13-15-36(16-14-31)25-5-6-26(33-21-25)29(40)34-27-7-8-28(39)35-30(27)41/h1-6,21,24,27H,7-20,32H2,(H,34,40)(H,35,39,41). The quantitative estimate of drug-likeness (QED) is 0.377. The molecule has 3 saturated heterocycles. The Morgan fingerprint density at radius 3 is 2.15 bits per heavy atom. The van der Waals surface area contributed by atoms with Crippen molar-refractivity contribution in [2.45, 2.75) is 63.5 Å². The summed E-state index contributed by atoms with van der Waals surface area (Å²) in [6.07, 6.45) is 9.89. The molecule has 0 bridgehead atoms. The molecule has 1 saturated carbocycles. The van der Waals surface area contributed by atoms with Crippen molar-refractivity contribution in [1.82, 2.24) is 20.5 Å². The second kappa shape index (κ2) is 11.7. The van der Waals surface area contributed by atoms with Crippen LogP contribution in [0.3, 0.4) is 0 Å². The number of nitrogens with zero attached hydrogens (tertiary/aromatic N) is 4. The van der Waals surface area contributed by atoms with Crippen LogP contribution < -0.4 is 26.2 Å². The van der Waals surface area contributed by atoms with Gasteiger partial charge >= 0.3 is 0 Å². The summed E-state index contributed by atoms with van der Waals surface area (Å²) in [5, 5.41) is 4.96. The number of benzene rings is 1. The second-order valence-corrected chi connectivity index (χ2v) is 12.2. The number of nitrogens with one attached hydrogen (secondary N) is 2. The number of anilines is 3. The fourth-order valence-electron chi connectivity index (χ4n) is 7.12. The van der Waals surface area contributed by atoms with Crippen molar-refractivity contribution in [3.8, 4) is 0 Å². The average molecular weight is 560 g/mol. The van der Waals surface area contributed by atoms with Crippen LogP contribution >= 0.6 is 0 Å². The molecule has 1 aromatic heterocycles. The lowest BCUT2D eigenvalue weighted by Gasteiger charge is -2.49. The van der Waals surface area contributed by atoms with E-state index in [2.05, 4.69) is 42.5 Å². The number of nitrogens with two attached hydrogens (primary N) is 1. The minimum Gasteiger partial charge on any atom is -0.399 e. The van der Waals surface area contributed by atoms with Crippen LogP contribution in [0.1, 0.15) is 61.9 Å². The van der Waals surface area contributed by atoms with E-state index in [1.165, 1.54) is 44.2 Å². The number of hydrogen-bond acceptors (Lipinski definition) is 8. The third-order valence-electron chi connectivity index (χ3n) is 9.82. The molecule has 4 N–H and O–H groups in total. The summed E-state index contributed by atoms with van der Waals surface area (Å²) >= 11 is 0. The smallest absolute Gasteiger partial charge is 0.270 e. The number of rotatable bonds is 5. The summed E-state index contributed by atoms with van der Waals surface area (Å²) in [7, 11) is 0. The van der Waals surface area contributed by atoms with E-state index in [0.29, 0.717) is 17.9 Å². The fourth-order valence-corrected chi connectivity index (χ4v) is 7.12. The Kier molecular flexibility index (Phi) is 7.84. The lowest BCUT2D eigenvalue weighted by atomic mass is 9.66. The van der Waals surface area contributed by atoms with Gasteiger partial charge in [0.15, 0.2) is 0 Å². The van der Waals surface area contributed by atoms with Crippen molar-refractivity contribution < 1.29 is 14.4 Å². The van der Waals surface area contributed by atoms with Crippen molar-refractivity contribution in [3.63, 3.8) is 0 Å². The Morgan fingerprint density at radius 2 is 1.51 bits per heavy atom. The molecule has 1 unspecified atom stereocenters. The first-order chi connectivity index (χ1) is 19.9. The maximum Gasteiger partial charge on any atom is 0.270 e. The number of piperazine rings is 1. The van der Waals surface area contributed by atoms with Gasteiger partial charge in [-0.1, -0.05) is 0 Å². The second-order valence-electron chi connectivity index (χ2n) is 12.2. The van der Waals surface area contributed by atoms with Gasteiger partial charge in [0.05, 0.1) is 11.9 Å². The van der Waals surface area contributed by atoms with Gasteiger partial charge in [-0.3, -0.25) is 24.6 Å². The number of amides is 3. The molecular weight excluding hydrogens is 518 g/mol. The minimum absolute atomic E-state index is 0.225. The van der Waals surface area contributed by atoms with Crippen LogP contribution in [0.5, 0.6) is 0 Å². The van der Waals surface area contributed by atoms with E-state index < -0.39 is 17.9 Å². The summed E-state index contributed by atoms with van der Waals surface area (Å²) < 4.78 is 0. The van der Waals surface area contributed by atoms with Crippen molar-refractivity contribution in [2.75, 3.05) is 54.8 Å². The molecule has 1 aliphatic carbocycles. The molecule has 1 atom stereocenters. The predicted octanol–water partition coefficient (Wildman–Crippen LogP) is 2.55. The van der Waals surface area contributed by atoms with Gasteiger partial charge < -0.3 is 20.9 Å². The van der Waals surface area contributed by atoms with Crippen LogP contribution in [-0.4, -0.2) is 79.0 Å². The molecule has 1 aromatic carbocycles. The summed E-state index contributed by atoms with van der Waals surface area (Å²) in [4.78, 5) is 47.8. The maximum absolute atomic E-state index is 12.6. The van der Waals surface area contributed by atoms with Crippen LogP contribution in [0, 0.1) is 5.41 Å². The van der Waals surface area contributed by atoms with Crippen molar-refractivity contribution >= 4 is 34.8 Å². The molecule has 1 spiro atoms. The first kappa shape index (κ1) is 27.5. The Balaban J connectivity index is 0.948. The summed E-state index contributed by atoms with van der Waals surface area (Å²) in [6, 6.07) is 11.9. The topological polar surface area (TPSA) is 124 Å². The van der Waals surface area contributed by atoms with Crippen LogP contribution in [0.15, 0.2) is 42.6 Å². The number of carbonyl (C=O) groups is 3. The van der Waals surface area contributed by atoms with Gasteiger partial charge in [-0.15, -0.1) is 0 Å². The number of nitrogen functional groups attached to an aromatic ring is 1. The van der Waals surface area contributed by atoms with E-state index in [1.807, 2.05) is 18.2 Å². The van der Waals surface area contributed by atoms with Gasteiger partial charge in [0.2, 0.25) is 11.8 Å². The highest BCUT2D eigenvalue weighted by Crippen LogP contribution is 2.46. The molecule has 218 valence electrons. The van der Waals surface area contributed by atoms with Gasteiger partial charge in [-0.25, -0.2) is 4.98 Å². The monoisotopic (exact) mass is 559 g/mol. The third-order valence-corrected chi connectivity index (χ3v) is 9.82. The lowest BCUT2D eigenvalue weighted by molar-refractivity contribution is -0.134. The number of aromatic nitrogens is 1. The van der Waals surface area contributed by atoms with E-state index in [4.69, 9.17) is 5.73 Å². The van der Waals surface area contributed by atoms with Crippen molar-refractivity contribution in [3.05, 3.63) is 48.3 Å². The van der Waals surface area contributed by atoms with Gasteiger partial charge in [0.1, 0.15) is 11.7 Å². The van der Waals surface area contributed by atoms with E-state index in [9.17, 15) is 14.4 Å².